The largest absolute Gasteiger partial charge is 0.458 e. The van der Waals surface area contributed by atoms with Crippen molar-refractivity contribution in [1.82, 2.24) is 4.90 Å². The van der Waals surface area contributed by atoms with Crippen LogP contribution >= 0.6 is 0 Å². The second kappa shape index (κ2) is 6.60. The lowest BCUT2D eigenvalue weighted by molar-refractivity contribution is -0.181. The summed E-state index contributed by atoms with van der Waals surface area (Å²) in [5.74, 6) is 0.744. The molecule has 5 heteroatoms. The molecule has 1 aromatic carbocycles. The van der Waals surface area contributed by atoms with Gasteiger partial charge in [-0.15, -0.1) is 0 Å². The molecule has 1 aromatic rings. The summed E-state index contributed by atoms with van der Waals surface area (Å²) in [5, 5.41) is 0. The van der Waals surface area contributed by atoms with E-state index >= 15 is 0 Å². The van der Waals surface area contributed by atoms with Gasteiger partial charge in [-0.2, -0.15) is 0 Å². The van der Waals surface area contributed by atoms with Crippen LogP contribution in [0.3, 0.4) is 0 Å². The fourth-order valence-electron chi connectivity index (χ4n) is 3.44. The Labute approximate surface area is 136 Å². The van der Waals surface area contributed by atoms with E-state index in [1.54, 1.807) is 14.0 Å². The molecule has 124 valence electrons. The average molecular weight is 317 g/mol. The summed E-state index contributed by atoms with van der Waals surface area (Å²) in [7, 11) is 1.56. The van der Waals surface area contributed by atoms with E-state index in [0.717, 1.165) is 0 Å². The minimum atomic E-state index is -0.552. The van der Waals surface area contributed by atoms with Crippen molar-refractivity contribution in [2.24, 2.45) is 0 Å². The highest BCUT2D eigenvalue weighted by Crippen LogP contribution is 2.33. The van der Waals surface area contributed by atoms with E-state index in [1.807, 2.05) is 24.3 Å². The molecule has 0 spiro atoms. The number of rotatable bonds is 3. The number of hydrogen-bond acceptors (Lipinski definition) is 4. The van der Waals surface area contributed by atoms with Crippen LogP contribution < -0.4 is 4.74 Å². The van der Waals surface area contributed by atoms with E-state index in [-0.39, 0.29) is 12.1 Å². The summed E-state index contributed by atoms with van der Waals surface area (Å²) in [4.78, 5) is 24.8. The van der Waals surface area contributed by atoms with Gasteiger partial charge in [-0.25, -0.2) is 9.59 Å². The first-order valence-electron chi connectivity index (χ1n) is 8.31. The molecule has 2 atom stereocenters. The maximum Gasteiger partial charge on any atom is 0.415 e. The first-order chi connectivity index (χ1) is 11.1. The lowest BCUT2D eigenvalue weighted by Gasteiger charge is -2.37. The molecule has 0 N–H and O–H groups in total. The number of esters is 1. The molecule has 2 aliphatic rings. The molecule has 3 rings (SSSR count). The molecule has 2 fully saturated rings. The maximum atomic E-state index is 12.1. The predicted molar refractivity (Wildman–Crippen MR) is 85.4 cm³/mol. The Balaban J connectivity index is 1.59. The molecule has 0 bridgehead atoms. The minimum Gasteiger partial charge on any atom is -0.458 e. The Morgan fingerprint density at radius 3 is 2.39 bits per heavy atom. The topological polar surface area (TPSA) is 55.8 Å². The van der Waals surface area contributed by atoms with E-state index in [4.69, 9.17) is 9.47 Å². The number of amides is 1. The summed E-state index contributed by atoms with van der Waals surface area (Å²) in [5.41, 5.74) is 1.31. The Bertz CT molecular complexity index is 577. The molecular formula is C18H23NO4. The lowest BCUT2D eigenvalue weighted by atomic mass is 9.84. The number of likely N-dealkylation sites (N-methyl/N-ethyl adjacent to an activating group) is 1. The first-order valence-corrected chi connectivity index (χ1v) is 8.31. The van der Waals surface area contributed by atoms with Gasteiger partial charge in [0.25, 0.3) is 0 Å². The van der Waals surface area contributed by atoms with Crippen LogP contribution in [-0.2, 0) is 9.53 Å². The highest BCUT2D eigenvalue weighted by Gasteiger charge is 2.44. The lowest BCUT2D eigenvalue weighted by Crippen LogP contribution is -2.59. The van der Waals surface area contributed by atoms with Crippen molar-refractivity contribution < 1.29 is 19.1 Å². The van der Waals surface area contributed by atoms with Crippen LogP contribution in [-0.4, -0.2) is 36.2 Å². The van der Waals surface area contributed by atoms with Crippen molar-refractivity contribution in [3.63, 3.8) is 0 Å². The van der Waals surface area contributed by atoms with Crippen molar-refractivity contribution in [3.05, 3.63) is 29.8 Å². The fourth-order valence-corrected chi connectivity index (χ4v) is 3.44. The molecule has 23 heavy (non-hydrogen) atoms. The van der Waals surface area contributed by atoms with Crippen molar-refractivity contribution in [2.75, 3.05) is 7.05 Å². The standard InChI is InChI=1S/C18H23NO4/c1-12-16(17(20)22-12)19(2)18(21)23-15-10-8-14(9-11-15)13-6-4-3-5-7-13/h8-13,16H,3-7H2,1-2H3/t12-,16+/m0/s1. The Morgan fingerprint density at radius 1 is 1.17 bits per heavy atom. The van der Waals surface area contributed by atoms with Crippen molar-refractivity contribution in [3.8, 4) is 5.75 Å². The zero-order valence-corrected chi connectivity index (χ0v) is 13.7. The van der Waals surface area contributed by atoms with E-state index in [0.29, 0.717) is 11.7 Å². The zero-order valence-electron chi connectivity index (χ0n) is 13.7. The number of hydrogen-bond donors (Lipinski definition) is 0. The SMILES string of the molecule is C[C@@H]1OC(=O)[C@@H]1N(C)C(=O)Oc1ccc(C2CCCCC2)cc1. The Hall–Kier alpha value is -2.04. The molecule has 1 saturated heterocycles. The number of nitrogens with zero attached hydrogens (tertiary/aromatic N) is 1. The van der Waals surface area contributed by atoms with Crippen LogP contribution in [0.2, 0.25) is 0 Å². The third kappa shape index (κ3) is 3.33. The predicted octanol–water partition coefficient (Wildman–Crippen LogP) is 3.48. The van der Waals surface area contributed by atoms with Gasteiger partial charge in [0.15, 0.2) is 6.04 Å². The third-order valence-electron chi connectivity index (χ3n) is 4.86. The van der Waals surface area contributed by atoms with Crippen molar-refractivity contribution in [1.29, 1.82) is 0 Å². The van der Waals surface area contributed by atoms with Crippen LogP contribution in [0.25, 0.3) is 0 Å². The molecule has 1 aliphatic heterocycles. The van der Waals surface area contributed by atoms with Crippen LogP contribution in [0.15, 0.2) is 24.3 Å². The van der Waals surface area contributed by atoms with E-state index in [1.165, 1.54) is 42.6 Å². The quantitative estimate of drug-likeness (QED) is 0.801. The first kappa shape index (κ1) is 15.8. The number of carbonyl (C=O) groups is 2. The third-order valence-corrected chi connectivity index (χ3v) is 4.86. The van der Waals surface area contributed by atoms with Gasteiger partial charge in [0, 0.05) is 7.05 Å². The van der Waals surface area contributed by atoms with E-state index in [2.05, 4.69) is 0 Å². The normalized spacial score (nSPS) is 24.5. The van der Waals surface area contributed by atoms with Gasteiger partial charge in [-0.05, 0) is 43.4 Å². The van der Waals surface area contributed by atoms with Gasteiger partial charge in [0.05, 0.1) is 0 Å². The molecule has 1 amide bonds. The van der Waals surface area contributed by atoms with Crippen molar-refractivity contribution in [2.45, 2.75) is 57.1 Å². The summed E-state index contributed by atoms with van der Waals surface area (Å²) in [6.07, 6.45) is 5.58. The number of benzene rings is 1. The summed E-state index contributed by atoms with van der Waals surface area (Å²) >= 11 is 0. The molecule has 1 saturated carbocycles. The van der Waals surface area contributed by atoms with E-state index in [9.17, 15) is 9.59 Å². The second-order valence-corrected chi connectivity index (χ2v) is 6.47. The molecule has 1 heterocycles. The molecule has 5 nitrogen and oxygen atoms in total. The van der Waals surface area contributed by atoms with Crippen molar-refractivity contribution >= 4 is 12.1 Å². The number of ether oxygens (including phenoxy) is 2. The maximum absolute atomic E-state index is 12.1. The summed E-state index contributed by atoms with van der Waals surface area (Å²) in [6, 6.07) is 7.19. The number of carbonyl (C=O) groups excluding carboxylic acids is 2. The molecule has 0 unspecified atom stereocenters. The smallest absolute Gasteiger partial charge is 0.415 e. The van der Waals surface area contributed by atoms with Crippen LogP contribution in [0.4, 0.5) is 4.79 Å². The van der Waals surface area contributed by atoms with Gasteiger partial charge >= 0.3 is 12.1 Å². The fraction of sp³-hybridized carbons (Fsp3) is 0.556. The van der Waals surface area contributed by atoms with Crippen LogP contribution in [0.5, 0.6) is 5.75 Å². The van der Waals surface area contributed by atoms with Crippen LogP contribution in [0.1, 0.15) is 50.5 Å². The van der Waals surface area contributed by atoms with E-state index < -0.39 is 12.1 Å². The van der Waals surface area contributed by atoms with Gasteiger partial charge < -0.3 is 9.47 Å². The molecule has 0 aromatic heterocycles. The molecule has 1 aliphatic carbocycles. The number of cyclic esters (lactones) is 1. The minimum absolute atomic E-state index is 0.284. The Kier molecular flexibility index (Phi) is 4.55. The van der Waals surface area contributed by atoms with Gasteiger partial charge in [0.2, 0.25) is 0 Å². The Morgan fingerprint density at radius 2 is 1.83 bits per heavy atom. The highest BCUT2D eigenvalue weighted by molar-refractivity contribution is 5.86. The average Bonchev–Trinajstić information content (AvgIpc) is 2.56. The molecule has 0 radical (unpaired) electrons. The zero-order chi connectivity index (χ0) is 16.4. The molecular weight excluding hydrogens is 294 g/mol. The van der Waals surface area contributed by atoms with Gasteiger partial charge in [0.1, 0.15) is 11.9 Å². The van der Waals surface area contributed by atoms with Gasteiger partial charge in [-0.3, -0.25) is 4.90 Å². The summed E-state index contributed by atoms with van der Waals surface area (Å²) < 4.78 is 10.2. The van der Waals surface area contributed by atoms with Gasteiger partial charge in [-0.1, -0.05) is 31.4 Å². The highest BCUT2D eigenvalue weighted by atomic mass is 16.6. The summed E-state index contributed by atoms with van der Waals surface area (Å²) in [6.45, 7) is 1.76. The second-order valence-electron chi connectivity index (χ2n) is 6.47. The van der Waals surface area contributed by atoms with Crippen LogP contribution in [0, 0.1) is 0 Å². The monoisotopic (exact) mass is 317 g/mol.